The van der Waals surface area contributed by atoms with Gasteiger partial charge in [-0.05, 0) is 37.3 Å². The zero-order valence-corrected chi connectivity index (χ0v) is 14.1. The minimum absolute atomic E-state index is 0.174. The summed E-state index contributed by atoms with van der Waals surface area (Å²) < 4.78 is 31.8. The third-order valence-corrected chi connectivity index (χ3v) is 4.15. The van der Waals surface area contributed by atoms with E-state index >= 15 is 0 Å². The van der Waals surface area contributed by atoms with Gasteiger partial charge in [-0.25, -0.2) is 13.8 Å². The van der Waals surface area contributed by atoms with Crippen molar-refractivity contribution in [2.75, 3.05) is 5.32 Å². The Labute approximate surface area is 147 Å². The van der Waals surface area contributed by atoms with Gasteiger partial charge in [0.2, 0.25) is 0 Å². The molecule has 1 N–H and O–H groups in total. The number of carbonyl (C=O) groups is 1. The molecule has 3 aromatic rings. The van der Waals surface area contributed by atoms with Crippen LogP contribution in [0.5, 0.6) is 5.75 Å². The van der Waals surface area contributed by atoms with Gasteiger partial charge in [-0.3, -0.25) is 4.79 Å². The number of aryl methyl sites for hydroxylation is 1. The fraction of sp³-hybridized carbons (Fsp3) is 0.111. The molecule has 25 heavy (non-hydrogen) atoms. The number of benzene rings is 2. The zero-order chi connectivity index (χ0) is 17.8. The molecule has 0 unspecified atom stereocenters. The molecule has 2 aromatic carbocycles. The normalized spacial score (nSPS) is 10.5. The van der Waals surface area contributed by atoms with Crippen LogP contribution in [0.4, 0.5) is 14.5 Å². The molecule has 0 saturated carbocycles. The summed E-state index contributed by atoms with van der Waals surface area (Å²) in [4.78, 5) is 16.5. The molecule has 0 bridgehead atoms. The van der Waals surface area contributed by atoms with Crippen LogP contribution < -0.4 is 10.1 Å². The average molecular weight is 360 g/mol. The Morgan fingerprint density at radius 3 is 2.76 bits per heavy atom. The maximum absolute atomic E-state index is 13.2. The second-order valence-corrected chi connectivity index (χ2v) is 6.32. The molecule has 0 aliphatic heterocycles. The highest BCUT2D eigenvalue weighted by atomic mass is 32.1. The van der Waals surface area contributed by atoms with Crippen LogP contribution in [0.3, 0.4) is 0 Å². The Morgan fingerprint density at radius 2 is 2.04 bits per heavy atom. The van der Waals surface area contributed by atoms with Crippen LogP contribution in [0.2, 0.25) is 0 Å². The quantitative estimate of drug-likeness (QED) is 0.726. The first-order valence-electron chi connectivity index (χ1n) is 7.41. The standard InChI is InChI=1S/C18H14F2N2O2S/c1-11-21-14(10-25-11)9-24-15-4-2-3-12(7-15)18(23)22-13-5-6-16(19)17(20)8-13/h2-8,10H,9H2,1H3,(H,22,23). The Kier molecular flexibility index (Phi) is 5.04. The van der Waals surface area contributed by atoms with Crippen LogP contribution in [0.1, 0.15) is 21.1 Å². The van der Waals surface area contributed by atoms with Gasteiger partial charge in [0.1, 0.15) is 12.4 Å². The molecule has 1 aromatic heterocycles. The fourth-order valence-electron chi connectivity index (χ4n) is 2.14. The number of anilines is 1. The van der Waals surface area contributed by atoms with Gasteiger partial charge < -0.3 is 10.1 Å². The van der Waals surface area contributed by atoms with E-state index < -0.39 is 17.5 Å². The fourth-order valence-corrected chi connectivity index (χ4v) is 2.73. The highest BCUT2D eigenvalue weighted by Crippen LogP contribution is 2.18. The van der Waals surface area contributed by atoms with E-state index in [0.29, 0.717) is 17.9 Å². The van der Waals surface area contributed by atoms with Crippen molar-refractivity contribution < 1.29 is 18.3 Å². The molecule has 1 heterocycles. The third kappa shape index (κ3) is 4.39. The van der Waals surface area contributed by atoms with Crippen molar-refractivity contribution in [1.29, 1.82) is 0 Å². The first-order valence-corrected chi connectivity index (χ1v) is 8.29. The molecule has 4 nitrogen and oxygen atoms in total. The van der Waals surface area contributed by atoms with Crippen LogP contribution in [0.15, 0.2) is 47.8 Å². The van der Waals surface area contributed by atoms with Crippen molar-refractivity contribution in [3.8, 4) is 5.75 Å². The van der Waals surface area contributed by atoms with E-state index in [1.807, 2.05) is 12.3 Å². The predicted molar refractivity (Wildman–Crippen MR) is 91.9 cm³/mol. The van der Waals surface area contributed by atoms with Crippen molar-refractivity contribution in [3.63, 3.8) is 0 Å². The summed E-state index contributed by atoms with van der Waals surface area (Å²) in [5.41, 5.74) is 1.34. The van der Waals surface area contributed by atoms with Crippen LogP contribution in [0, 0.1) is 18.6 Å². The molecule has 7 heteroatoms. The number of hydrogen-bond donors (Lipinski definition) is 1. The molecule has 1 amide bonds. The molecule has 0 radical (unpaired) electrons. The molecule has 0 saturated heterocycles. The van der Waals surface area contributed by atoms with E-state index in [1.165, 1.54) is 17.4 Å². The number of hydrogen-bond acceptors (Lipinski definition) is 4. The second-order valence-electron chi connectivity index (χ2n) is 5.26. The lowest BCUT2D eigenvalue weighted by atomic mass is 10.2. The number of thiazole rings is 1. The number of halogens is 2. The molecule has 0 fully saturated rings. The number of nitrogens with zero attached hydrogens (tertiary/aromatic N) is 1. The third-order valence-electron chi connectivity index (χ3n) is 3.33. The molecule has 3 rings (SSSR count). The Balaban J connectivity index is 1.67. The minimum Gasteiger partial charge on any atom is -0.487 e. The van der Waals surface area contributed by atoms with Gasteiger partial charge in [0, 0.05) is 22.7 Å². The first kappa shape index (κ1) is 17.0. The average Bonchev–Trinajstić information content (AvgIpc) is 3.02. The number of aromatic nitrogens is 1. The van der Waals surface area contributed by atoms with Crippen LogP contribution >= 0.6 is 11.3 Å². The van der Waals surface area contributed by atoms with Gasteiger partial charge in [-0.2, -0.15) is 0 Å². The number of amides is 1. The number of ether oxygens (including phenoxy) is 1. The molecular weight excluding hydrogens is 346 g/mol. The van der Waals surface area contributed by atoms with Crippen LogP contribution in [-0.2, 0) is 6.61 Å². The van der Waals surface area contributed by atoms with Crippen LogP contribution in [0.25, 0.3) is 0 Å². The van der Waals surface area contributed by atoms with Gasteiger partial charge >= 0.3 is 0 Å². The summed E-state index contributed by atoms with van der Waals surface area (Å²) in [6.45, 7) is 2.22. The maximum atomic E-state index is 13.2. The maximum Gasteiger partial charge on any atom is 0.255 e. The molecule has 128 valence electrons. The summed E-state index contributed by atoms with van der Waals surface area (Å²) in [5.74, 6) is -1.91. The van der Waals surface area contributed by atoms with Gasteiger partial charge in [0.25, 0.3) is 5.91 Å². The van der Waals surface area contributed by atoms with Crippen LogP contribution in [-0.4, -0.2) is 10.9 Å². The summed E-state index contributed by atoms with van der Waals surface area (Å²) in [6.07, 6.45) is 0. The summed E-state index contributed by atoms with van der Waals surface area (Å²) in [5, 5.41) is 5.39. The molecule has 0 aliphatic rings. The topological polar surface area (TPSA) is 51.2 Å². The molecule has 0 spiro atoms. The summed E-state index contributed by atoms with van der Waals surface area (Å²) in [6, 6.07) is 9.78. The molecular formula is C18H14F2N2O2S. The first-order chi connectivity index (χ1) is 12.0. The Bertz CT molecular complexity index is 912. The Hall–Kier alpha value is -2.80. The van der Waals surface area contributed by atoms with E-state index in [2.05, 4.69) is 10.3 Å². The van der Waals surface area contributed by atoms with Crippen molar-refractivity contribution >= 4 is 22.9 Å². The van der Waals surface area contributed by atoms with E-state index in [9.17, 15) is 13.6 Å². The van der Waals surface area contributed by atoms with E-state index in [0.717, 1.165) is 22.8 Å². The smallest absolute Gasteiger partial charge is 0.255 e. The van der Waals surface area contributed by atoms with E-state index in [4.69, 9.17) is 4.74 Å². The van der Waals surface area contributed by atoms with Gasteiger partial charge in [-0.15, -0.1) is 11.3 Å². The lowest BCUT2D eigenvalue weighted by molar-refractivity contribution is 0.102. The highest BCUT2D eigenvalue weighted by Gasteiger charge is 2.10. The number of carbonyl (C=O) groups excluding carboxylic acids is 1. The van der Waals surface area contributed by atoms with Crippen molar-refractivity contribution in [2.45, 2.75) is 13.5 Å². The minimum atomic E-state index is -1.02. The summed E-state index contributed by atoms with van der Waals surface area (Å²) >= 11 is 1.54. The van der Waals surface area contributed by atoms with Gasteiger partial charge in [0.05, 0.1) is 10.7 Å². The van der Waals surface area contributed by atoms with E-state index in [1.54, 1.807) is 24.3 Å². The molecule has 0 aliphatic carbocycles. The SMILES string of the molecule is Cc1nc(COc2cccc(C(=O)Nc3ccc(F)c(F)c3)c2)cs1. The van der Waals surface area contributed by atoms with Crippen molar-refractivity contribution in [3.05, 3.63) is 75.7 Å². The number of rotatable bonds is 5. The Morgan fingerprint density at radius 1 is 1.20 bits per heavy atom. The predicted octanol–water partition coefficient (Wildman–Crippen LogP) is 4.56. The second kappa shape index (κ2) is 7.40. The van der Waals surface area contributed by atoms with Crippen molar-refractivity contribution in [1.82, 2.24) is 4.98 Å². The highest BCUT2D eigenvalue weighted by molar-refractivity contribution is 7.09. The largest absolute Gasteiger partial charge is 0.487 e. The monoisotopic (exact) mass is 360 g/mol. The zero-order valence-electron chi connectivity index (χ0n) is 13.3. The van der Waals surface area contributed by atoms with E-state index in [-0.39, 0.29) is 5.69 Å². The summed E-state index contributed by atoms with van der Waals surface area (Å²) in [7, 11) is 0. The number of nitrogens with one attached hydrogen (secondary N) is 1. The lowest BCUT2D eigenvalue weighted by Crippen LogP contribution is -2.12. The lowest BCUT2D eigenvalue weighted by Gasteiger charge is -2.08. The van der Waals surface area contributed by atoms with Crippen molar-refractivity contribution in [2.24, 2.45) is 0 Å². The van der Waals surface area contributed by atoms with Gasteiger partial charge in [0.15, 0.2) is 11.6 Å². The molecule has 0 atom stereocenters. The van der Waals surface area contributed by atoms with Gasteiger partial charge in [-0.1, -0.05) is 6.07 Å².